The first kappa shape index (κ1) is 18.4. The first-order valence-corrected chi connectivity index (χ1v) is 9.67. The van der Waals surface area contributed by atoms with Gasteiger partial charge in [-0.3, -0.25) is 19.3 Å². The molecule has 1 unspecified atom stereocenters. The van der Waals surface area contributed by atoms with Crippen LogP contribution in [0.4, 0.5) is 0 Å². The Balaban J connectivity index is 1.56. The normalized spacial score (nSPS) is 37.8. The lowest BCUT2D eigenvalue weighted by Crippen LogP contribution is -2.66. The average molecular weight is 403 g/mol. The van der Waals surface area contributed by atoms with Crippen LogP contribution in [0.3, 0.4) is 0 Å². The summed E-state index contributed by atoms with van der Waals surface area (Å²) < 4.78 is 11.4. The van der Waals surface area contributed by atoms with Gasteiger partial charge in [0.05, 0.1) is 22.5 Å². The summed E-state index contributed by atoms with van der Waals surface area (Å²) in [4.78, 5) is 39.6. The Kier molecular flexibility index (Phi) is 3.76. The van der Waals surface area contributed by atoms with Crippen LogP contribution < -0.4 is 0 Å². The van der Waals surface area contributed by atoms with Crippen LogP contribution in [0.2, 0.25) is 0 Å². The maximum atomic E-state index is 13.0. The number of hydrogen-bond donors (Lipinski definition) is 3. The van der Waals surface area contributed by atoms with E-state index in [4.69, 9.17) is 9.47 Å². The number of amides is 1. The molecule has 0 bridgehead atoms. The monoisotopic (exact) mass is 403 g/mol. The van der Waals surface area contributed by atoms with Crippen molar-refractivity contribution in [1.82, 2.24) is 4.90 Å². The average Bonchev–Trinajstić information content (AvgIpc) is 3.30. The zero-order valence-corrected chi connectivity index (χ0v) is 15.5. The Labute approximate surface area is 165 Å². The molecular formula is C20H21NO8. The predicted octanol–water partition coefficient (Wildman–Crippen LogP) is 0.660. The van der Waals surface area contributed by atoms with Crippen molar-refractivity contribution in [2.45, 2.75) is 50.7 Å². The van der Waals surface area contributed by atoms with E-state index in [1.807, 2.05) is 0 Å². The van der Waals surface area contributed by atoms with Gasteiger partial charge in [-0.25, -0.2) is 0 Å². The van der Waals surface area contributed by atoms with Gasteiger partial charge in [0.15, 0.2) is 5.78 Å². The number of aliphatic hydroxyl groups excluding tert-OH is 1. The van der Waals surface area contributed by atoms with E-state index in [1.165, 1.54) is 17.0 Å². The molecule has 3 N–H and O–H groups in total. The number of carbonyl (C=O) groups excluding carboxylic acids is 3. The molecule has 3 saturated heterocycles. The molecule has 3 heterocycles. The molecular weight excluding hydrogens is 382 g/mol. The highest BCUT2D eigenvalue weighted by molar-refractivity contribution is 6.02. The number of fused-ring (bicyclic) bond motifs is 1. The molecule has 1 aromatic rings. The molecule has 1 aromatic carbocycles. The van der Waals surface area contributed by atoms with Crippen molar-refractivity contribution in [3.63, 3.8) is 0 Å². The van der Waals surface area contributed by atoms with Gasteiger partial charge in [-0.1, -0.05) is 0 Å². The highest BCUT2D eigenvalue weighted by Crippen LogP contribution is 2.65. The lowest BCUT2D eigenvalue weighted by atomic mass is 9.62. The molecule has 1 aliphatic carbocycles. The van der Waals surface area contributed by atoms with Crippen molar-refractivity contribution in [3.8, 4) is 11.5 Å². The summed E-state index contributed by atoms with van der Waals surface area (Å²) in [6, 6.07) is 3.59. The van der Waals surface area contributed by atoms with Crippen molar-refractivity contribution in [2.24, 2.45) is 10.8 Å². The van der Waals surface area contributed by atoms with Crippen molar-refractivity contribution in [2.75, 3.05) is 6.61 Å². The topological polar surface area (TPSA) is 134 Å². The number of nitrogens with zero attached hydrogens (tertiary/aromatic N) is 1. The van der Waals surface area contributed by atoms with E-state index in [9.17, 15) is 29.7 Å². The molecule has 0 aromatic heterocycles. The van der Waals surface area contributed by atoms with E-state index in [2.05, 4.69) is 0 Å². The molecule has 154 valence electrons. The van der Waals surface area contributed by atoms with Crippen LogP contribution in [0.15, 0.2) is 18.2 Å². The molecule has 1 saturated carbocycles. The standard InChI is InChI=1S/C20H21NO8/c22-10-1-2-12(23)11(7-10)13(24)8-19-6-5-14-20(19,9-28-18(19)27)17(26)21-15(25)3-4-16(21)29-14/h1-2,7,14,16-17,22-23,26H,3-6,8-9H2/t14-,16+,17-,19+,20?/m0/s1. The summed E-state index contributed by atoms with van der Waals surface area (Å²) in [7, 11) is 0. The molecule has 1 amide bonds. The largest absolute Gasteiger partial charge is 0.508 e. The zero-order valence-electron chi connectivity index (χ0n) is 15.5. The molecule has 9 heteroatoms. The third-order valence-electron chi connectivity index (χ3n) is 7.12. The second kappa shape index (κ2) is 5.93. The SMILES string of the molecule is O=C(C[C@@]12CC[C@@H]3O[C@@H]4CCC(=O)N4[C@@H](O)C31COC2=O)c1cc(O)ccc1O. The zero-order chi connectivity index (χ0) is 20.6. The number of aromatic hydroxyl groups is 2. The highest BCUT2D eigenvalue weighted by atomic mass is 16.6. The van der Waals surface area contributed by atoms with Gasteiger partial charge in [-0.15, -0.1) is 0 Å². The van der Waals surface area contributed by atoms with Crippen LogP contribution in [-0.4, -0.2) is 63.0 Å². The Bertz CT molecular complexity index is 931. The lowest BCUT2D eigenvalue weighted by Gasteiger charge is -2.51. The number of cyclic esters (lactones) is 1. The molecule has 5 rings (SSSR count). The lowest BCUT2D eigenvalue weighted by molar-refractivity contribution is -0.269. The molecule has 4 aliphatic rings. The molecule has 29 heavy (non-hydrogen) atoms. The third-order valence-corrected chi connectivity index (χ3v) is 7.12. The van der Waals surface area contributed by atoms with Gasteiger partial charge in [0.25, 0.3) is 0 Å². The molecule has 9 nitrogen and oxygen atoms in total. The second-order valence-electron chi connectivity index (χ2n) is 8.33. The fourth-order valence-corrected chi connectivity index (χ4v) is 5.68. The van der Waals surface area contributed by atoms with Crippen LogP contribution in [-0.2, 0) is 19.1 Å². The maximum absolute atomic E-state index is 13.0. The number of hydrogen-bond acceptors (Lipinski definition) is 8. The summed E-state index contributed by atoms with van der Waals surface area (Å²) in [5.74, 6) is -1.93. The molecule has 3 aliphatic heterocycles. The first-order valence-electron chi connectivity index (χ1n) is 9.67. The van der Waals surface area contributed by atoms with E-state index in [0.29, 0.717) is 12.8 Å². The third kappa shape index (κ3) is 2.20. The van der Waals surface area contributed by atoms with E-state index >= 15 is 0 Å². The van der Waals surface area contributed by atoms with Crippen LogP contribution in [0.1, 0.15) is 42.5 Å². The number of phenols is 2. The van der Waals surface area contributed by atoms with E-state index in [0.717, 1.165) is 6.07 Å². The van der Waals surface area contributed by atoms with Crippen LogP contribution in [0.5, 0.6) is 11.5 Å². The number of benzene rings is 1. The fourth-order valence-electron chi connectivity index (χ4n) is 5.68. The van der Waals surface area contributed by atoms with Gasteiger partial charge in [-0.05, 0) is 31.0 Å². The number of aliphatic hydroxyl groups is 1. The Hall–Kier alpha value is -2.65. The quantitative estimate of drug-likeness (QED) is 0.381. The summed E-state index contributed by atoms with van der Waals surface area (Å²) >= 11 is 0. The molecule has 0 radical (unpaired) electrons. The van der Waals surface area contributed by atoms with Crippen molar-refractivity contribution >= 4 is 17.7 Å². The predicted molar refractivity (Wildman–Crippen MR) is 94.5 cm³/mol. The maximum Gasteiger partial charge on any atom is 0.313 e. The fraction of sp³-hybridized carbons (Fsp3) is 0.550. The molecule has 1 spiro atoms. The minimum atomic E-state index is -1.38. The van der Waals surface area contributed by atoms with Gasteiger partial charge in [-0.2, -0.15) is 0 Å². The summed E-state index contributed by atoms with van der Waals surface area (Å²) in [5.41, 5.74) is -2.73. The number of ketones is 1. The van der Waals surface area contributed by atoms with Gasteiger partial charge >= 0.3 is 5.97 Å². The minimum Gasteiger partial charge on any atom is -0.508 e. The van der Waals surface area contributed by atoms with E-state index in [-0.39, 0.29) is 48.8 Å². The van der Waals surface area contributed by atoms with Gasteiger partial charge in [0.1, 0.15) is 30.6 Å². The van der Waals surface area contributed by atoms with Gasteiger partial charge in [0.2, 0.25) is 5.91 Å². The molecule has 4 fully saturated rings. The number of carbonyl (C=O) groups is 3. The van der Waals surface area contributed by atoms with Crippen molar-refractivity contribution in [3.05, 3.63) is 23.8 Å². The Morgan fingerprint density at radius 2 is 2.03 bits per heavy atom. The summed E-state index contributed by atoms with van der Waals surface area (Å²) in [5, 5.41) is 31.0. The van der Waals surface area contributed by atoms with E-state index < -0.39 is 41.1 Å². The smallest absolute Gasteiger partial charge is 0.313 e. The number of ether oxygens (including phenoxy) is 2. The van der Waals surface area contributed by atoms with Crippen LogP contribution in [0.25, 0.3) is 0 Å². The number of esters is 1. The Morgan fingerprint density at radius 3 is 2.83 bits per heavy atom. The van der Waals surface area contributed by atoms with Crippen LogP contribution in [0, 0.1) is 10.8 Å². The van der Waals surface area contributed by atoms with Crippen molar-refractivity contribution < 1.29 is 39.2 Å². The summed E-state index contributed by atoms with van der Waals surface area (Å²) in [6.45, 7) is -0.145. The van der Waals surface area contributed by atoms with Gasteiger partial charge < -0.3 is 24.8 Å². The van der Waals surface area contributed by atoms with E-state index in [1.54, 1.807) is 0 Å². The number of rotatable bonds is 3. The highest BCUT2D eigenvalue weighted by Gasteiger charge is 2.76. The minimum absolute atomic E-state index is 0.112. The van der Waals surface area contributed by atoms with Gasteiger partial charge in [0, 0.05) is 19.3 Å². The summed E-state index contributed by atoms with van der Waals surface area (Å²) in [6.07, 6.45) is -1.26. The number of phenolic OH excluding ortho intramolecular Hbond substituents is 2. The molecule has 5 atom stereocenters. The Morgan fingerprint density at radius 1 is 1.24 bits per heavy atom. The second-order valence-corrected chi connectivity index (χ2v) is 8.33. The van der Waals surface area contributed by atoms with Crippen molar-refractivity contribution in [1.29, 1.82) is 0 Å². The first-order chi connectivity index (χ1) is 13.8. The van der Waals surface area contributed by atoms with Crippen LogP contribution >= 0.6 is 0 Å². The number of Topliss-reactive ketones (excluding diaryl/α,β-unsaturated/α-hetero) is 1.